The molecule has 3 heterocycles. The van der Waals surface area contributed by atoms with E-state index in [9.17, 15) is 15.0 Å². The van der Waals surface area contributed by atoms with Crippen LogP contribution in [0.15, 0.2) is 53.7 Å². The molecule has 8 nitrogen and oxygen atoms in total. The lowest BCUT2D eigenvalue weighted by atomic mass is 10.1. The standard InChI is InChI=1S/C17H15N5O3/c23-8-12(9-24)21-7-6-13-14(16(21)25)15(11-4-2-1-3-5-11)22-17(20-13)18-10-19-22/h1-7,10,12,23-24H,8-9H2. The fourth-order valence-electron chi connectivity index (χ4n) is 2.92. The van der Waals surface area contributed by atoms with Crippen molar-refractivity contribution in [3.63, 3.8) is 0 Å². The van der Waals surface area contributed by atoms with E-state index in [1.807, 2.05) is 30.3 Å². The Morgan fingerprint density at radius 2 is 1.84 bits per heavy atom. The van der Waals surface area contributed by atoms with Gasteiger partial charge < -0.3 is 14.8 Å². The largest absolute Gasteiger partial charge is 0.394 e. The van der Waals surface area contributed by atoms with Gasteiger partial charge in [-0.3, -0.25) is 4.79 Å². The van der Waals surface area contributed by atoms with Crippen molar-refractivity contribution in [2.75, 3.05) is 13.2 Å². The van der Waals surface area contributed by atoms with Gasteiger partial charge in [-0.25, -0.2) is 4.98 Å². The van der Waals surface area contributed by atoms with E-state index in [0.717, 1.165) is 5.56 Å². The van der Waals surface area contributed by atoms with Crippen LogP contribution in [0.25, 0.3) is 27.9 Å². The second kappa shape index (κ2) is 6.08. The lowest BCUT2D eigenvalue weighted by Gasteiger charge is -2.16. The molecule has 0 radical (unpaired) electrons. The summed E-state index contributed by atoms with van der Waals surface area (Å²) in [6.45, 7) is -0.691. The van der Waals surface area contributed by atoms with Crippen LogP contribution in [0.1, 0.15) is 6.04 Å². The summed E-state index contributed by atoms with van der Waals surface area (Å²) >= 11 is 0. The molecule has 0 bridgehead atoms. The fraction of sp³-hybridized carbons (Fsp3) is 0.176. The van der Waals surface area contributed by atoms with E-state index >= 15 is 0 Å². The highest BCUT2D eigenvalue weighted by atomic mass is 16.3. The van der Waals surface area contributed by atoms with Crippen molar-refractivity contribution < 1.29 is 10.2 Å². The van der Waals surface area contributed by atoms with Gasteiger partial charge in [-0.1, -0.05) is 30.3 Å². The molecule has 3 aromatic heterocycles. The Bertz CT molecular complexity index is 1100. The van der Waals surface area contributed by atoms with Crippen molar-refractivity contribution in [3.8, 4) is 11.3 Å². The molecule has 4 aromatic rings. The normalized spacial score (nSPS) is 11.6. The van der Waals surface area contributed by atoms with E-state index in [-0.39, 0.29) is 18.8 Å². The highest BCUT2D eigenvalue weighted by molar-refractivity contribution is 5.93. The molecule has 0 fully saturated rings. The average Bonchev–Trinajstić information content (AvgIpc) is 3.11. The lowest BCUT2D eigenvalue weighted by Crippen LogP contribution is -2.29. The molecule has 0 saturated carbocycles. The summed E-state index contributed by atoms with van der Waals surface area (Å²) in [5, 5.41) is 23.4. The van der Waals surface area contributed by atoms with Crippen molar-refractivity contribution in [1.29, 1.82) is 0 Å². The molecule has 0 aliphatic carbocycles. The summed E-state index contributed by atoms with van der Waals surface area (Å²) in [5.41, 5.74) is 1.50. The molecular formula is C17H15N5O3. The Kier molecular flexibility index (Phi) is 3.75. The third kappa shape index (κ3) is 2.39. The minimum Gasteiger partial charge on any atom is -0.394 e. The van der Waals surface area contributed by atoms with Crippen LogP contribution in [0, 0.1) is 0 Å². The maximum absolute atomic E-state index is 13.1. The molecule has 25 heavy (non-hydrogen) atoms. The zero-order chi connectivity index (χ0) is 17.4. The van der Waals surface area contributed by atoms with Gasteiger partial charge in [0.25, 0.3) is 11.3 Å². The molecule has 0 atom stereocenters. The second-order valence-corrected chi connectivity index (χ2v) is 5.61. The SMILES string of the molecule is O=c1c2c(-c3ccccc3)n3ncnc3nc2ccn1C(CO)CO. The maximum Gasteiger partial charge on any atom is 0.262 e. The maximum atomic E-state index is 13.1. The summed E-state index contributed by atoms with van der Waals surface area (Å²) in [5.74, 6) is 0.393. The third-order valence-electron chi connectivity index (χ3n) is 4.16. The van der Waals surface area contributed by atoms with Crippen LogP contribution in [0.3, 0.4) is 0 Å². The number of nitrogens with zero attached hydrogens (tertiary/aromatic N) is 5. The summed E-state index contributed by atoms with van der Waals surface area (Å²) < 4.78 is 2.84. The molecule has 0 aliphatic rings. The number of aliphatic hydroxyl groups is 2. The van der Waals surface area contributed by atoms with E-state index in [4.69, 9.17) is 0 Å². The van der Waals surface area contributed by atoms with Gasteiger partial charge in [0.05, 0.1) is 35.9 Å². The minimum atomic E-state index is -0.716. The van der Waals surface area contributed by atoms with Gasteiger partial charge in [0.2, 0.25) is 0 Å². The van der Waals surface area contributed by atoms with Gasteiger partial charge in [-0.15, -0.1) is 0 Å². The summed E-state index contributed by atoms with van der Waals surface area (Å²) in [7, 11) is 0. The summed E-state index contributed by atoms with van der Waals surface area (Å²) in [6, 6.07) is 10.3. The number of aromatic nitrogens is 5. The Morgan fingerprint density at radius 3 is 2.56 bits per heavy atom. The number of fused-ring (bicyclic) bond motifs is 2. The molecule has 2 N–H and O–H groups in total. The zero-order valence-electron chi connectivity index (χ0n) is 13.1. The smallest absolute Gasteiger partial charge is 0.262 e. The van der Waals surface area contributed by atoms with Crippen LogP contribution in [-0.2, 0) is 0 Å². The summed E-state index contributed by atoms with van der Waals surface area (Å²) in [6.07, 6.45) is 2.91. The van der Waals surface area contributed by atoms with Crippen LogP contribution in [0.5, 0.6) is 0 Å². The number of hydrogen-bond acceptors (Lipinski definition) is 6. The van der Waals surface area contributed by atoms with E-state index in [1.165, 1.54) is 21.6 Å². The molecule has 1 aromatic carbocycles. The highest BCUT2D eigenvalue weighted by Gasteiger charge is 2.19. The van der Waals surface area contributed by atoms with E-state index < -0.39 is 6.04 Å². The van der Waals surface area contributed by atoms with Crippen LogP contribution in [0.2, 0.25) is 0 Å². The number of hydrogen-bond donors (Lipinski definition) is 2. The van der Waals surface area contributed by atoms with Gasteiger partial charge in [-0.2, -0.15) is 14.6 Å². The Labute approximate surface area is 141 Å². The topological polar surface area (TPSA) is 106 Å². The first kappa shape index (κ1) is 15.4. The predicted molar refractivity (Wildman–Crippen MR) is 91.2 cm³/mol. The van der Waals surface area contributed by atoms with Crippen molar-refractivity contribution in [1.82, 2.24) is 24.1 Å². The number of benzene rings is 1. The Morgan fingerprint density at radius 1 is 1.08 bits per heavy atom. The molecule has 0 saturated heterocycles. The van der Waals surface area contributed by atoms with Gasteiger partial charge in [0.1, 0.15) is 6.33 Å². The van der Waals surface area contributed by atoms with Gasteiger partial charge in [-0.05, 0) is 6.07 Å². The van der Waals surface area contributed by atoms with Gasteiger partial charge >= 0.3 is 0 Å². The van der Waals surface area contributed by atoms with Crippen molar-refractivity contribution in [2.45, 2.75) is 6.04 Å². The number of pyridine rings is 1. The summed E-state index contributed by atoms with van der Waals surface area (Å²) in [4.78, 5) is 21.6. The average molecular weight is 337 g/mol. The first-order chi connectivity index (χ1) is 12.2. The van der Waals surface area contributed by atoms with Crippen LogP contribution in [0.4, 0.5) is 0 Å². The highest BCUT2D eigenvalue weighted by Crippen LogP contribution is 2.25. The van der Waals surface area contributed by atoms with Crippen LogP contribution in [-0.4, -0.2) is 47.6 Å². The quantitative estimate of drug-likeness (QED) is 0.566. The minimum absolute atomic E-state index is 0.346. The van der Waals surface area contributed by atoms with Crippen molar-refractivity contribution in [2.24, 2.45) is 0 Å². The van der Waals surface area contributed by atoms with E-state index in [2.05, 4.69) is 15.1 Å². The van der Waals surface area contributed by atoms with Gasteiger partial charge in [0.15, 0.2) is 0 Å². The zero-order valence-corrected chi connectivity index (χ0v) is 13.1. The Balaban J connectivity index is 2.16. The Hall–Kier alpha value is -3.10. The van der Waals surface area contributed by atoms with E-state index in [1.54, 1.807) is 6.07 Å². The monoisotopic (exact) mass is 337 g/mol. The second-order valence-electron chi connectivity index (χ2n) is 5.61. The fourth-order valence-corrected chi connectivity index (χ4v) is 2.92. The number of rotatable bonds is 4. The molecule has 0 spiro atoms. The van der Waals surface area contributed by atoms with E-state index in [0.29, 0.717) is 22.4 Å². The van der Waals surface area contributed by atoms with Crippen molar-refractivity contribution in [3.05, 3.63) is 59.3 Å². The number of aliphatic hydroxyl groups excluding tert-OH is 2. The molecular weight excluding hydrogens is 322 g/mol. The molecule has 0 amide bonds. The first-order valence-electron chi connectivity index (χ1n) is 7.76. The molecule has 8 heteroatoms. The first-order valence-corrected chi connectivity index (χ1v) is 7.76. The van der Waals surface area contributed by atoms with Crippen LogP contribution < -0.4 is 5.56 Å². The molecule has 4 rings (SSSR count). The molecule has 0 unspecified atom stereocenters. The predicted octanol–water partition coefficient (Wildman–Crippen LogP) is 0.632. The van der Waals surface area contributed by atoms with Crippen LogP contribution >= 0.6 is 0 Å². The molecule has 0 aliphatic heterocycles. The van der Waals surface area contributed by atoms with Gasteiger partial charge in [0, 0.05) is 11.8 Å². The third-order valence-corrected chi connectivity index (χ3v) is 4.16. The lowest BCUT2D eigenvalue weighted by molar-refractivity contribution is 0.152. The molecule has 126 valence electrons. The van der Waals surface area contributed by atoms with Crippen molar-refractivity contribution >= 4 is 16.7 Å².